The molecule has 1 aliphatic heterocycles. The van der Waals surface area contributed by atoms with E-state index < -0.39 is 0 Å². The summed E-state index contributed by atoms with van der Waals surface area (Å²) in [5.74, 6) is 2.97. The quantitative estimate of drug-likeness (QED) is 0.692. The van der Waals surface area contributed by atoms with Gasteiger partial charge in [0.25, 0.3) is 0 Å². The van der Waals surface area contributed by atoms with Gasteiger partial charge in [-0.25, -0.2) is 19.7 Å². The van der Waals surface area contributed by atoms with Crippen molar-refractivity contribution in [2.45, 2.75) is 13.8 Å². The maximum absolute atomic E-state index is 12.6. The van der Waals surface area contributed by atoms with Crippen LogP contribution in [0.5, 0.6) is 0 Å². The Morgan fingerprint density at radius 1 is 0.933 bits per heavy atom. The fourth-order valence-corrected chi connectivity index (χ4v) is 3.41. The molecule has 3 aromatic rings. The molecule has 1 aliphatic rings. The molecule has 0 saturated carbocycles. The number of aryl methyl sites for hydroxylation is 2. The molecule has 2 N–H and O–H groups in total. The van der Waals surface area contributed by atoms with Crippen LogP contribution < -0.4 is 15.5 Å². The van der Waals surface area contributed by atoms with E-state index in [1.54, 1.807) is 6.20 Å². The number of amides is 2. The van der Waals surface area contributed by atoms with Crippen LogP contribution in [0, 0.1) is 13.8 Å². The van der Waals surface area contributed by atoms with Gasteiger partial charge in [0.2, 0.25) is 0 Å². The largest absolute Gasteiger partial charge is 0.353 e. The molecule has 3 heterocycles. The molecule has 0 unspecified atom stereocenters. The van der Waals surface area contributed by atoms with Gasteiger partial charge in [0, 0.05) is 44.1 Å². The highest BCUT2D eigenvalue weighted by atomic mass is 16.2. The van der Waals surface area contributed by atoms with Crippen molar-refractivity contribution in [2.75, 3.05) is 41.7 Å². The van der Waals surface area contributed by atoms with Crippen LogP contribution in [0.15, 0.2) is 54.7 Å². The molecule has 2 aromatic heterocycles. The Hall–Kier alpha value is -3.68. The van der Waals surface area contributed by atoms with Crippen LogP contribution in [-0.2, 0) is 0 Å². The number of nitrogens with zero attached hydrogens (tertiary/aromatic N) is 5. The van der Waals surface area contributed by atoms with Gasteiger partial charge in [-0.3, -0.25) is 0 Å². The first-order chi connectivity index (χ1) is 14.6. The molecule has 2 amide bonds. The van der Waals surface area contributed by atoms with Gasteiger partial charge in [0.05, 0.1) is 0 Å². The lowest BCUT2D eigenvalue weighted by atomic mass is 10.2. The number of pyridine rings is 1. The van der Waals surface area contributed by atoms with Crippen molar-refractivity contribution >= 4 is 29.2 Å². The number of hydrogen-bond donors (Lipinski definition) is 2. The van der Waals surface area contributed by atoms with Gasteiger partial charge in [-0.15, -0.1) is 0 Å². The Balaban J connectivity index is 1.38. The highest BCUT2D eigenvalue weighted by molar-refractivity contribution is 5.89. The number of anilines is 4. The SMILES string of the molecule is Cc1cccc(NC(=O)N2CCN(c3cc(Nc4ccccn4)nc(C)n3)CC2)c1. The Morgan fingerprint density at radius 3 is 2.50 bits per heavy atom. The lowest BCUT2D eigenvalue weighted by Crippen LogP contribution is -2.50. The van der Waals surface area contributed by atoms with Crippen molar-refractivity contribution in [1.82, 2.24) is 19.9 Å². The number of nitrogens with one attached hydrogen (secondary N) is 2. The van der Waals surface area contributed by atoms with Crippen LogP contribution >= 0.6 is 0 Å². The molecule has 8 heteroatoms. The minimum absolute atomic E-state index is 0.0726. The van der Waals surface area contributed by atoms with Gasteiger partial charge in [-0.05, 0) is 43.7 Å². The van der Waals surface area contributed by atoms with Gasteiger partial charge in [0.15, 0.2) is 0 Å². The third-order valence-electron chi connectivity index (χ3n) is 4.91. The molecule has 1 aromatic carbocycles. The smallest absolute Gasteiger partial charge is 0.321 e. The number of piperazine rings is 1. The maximum Gasteiger partial charge on any atom is 0.321 e. The lowest BCUT2D eigenvalue weighted by molar-refractivity contribution is 0.208. The fraction of sp³-hybridized carbons (Fsp3) is 0.273. The molecule has 154 valence electrons. The van der Waals surface area contributed by atoms with Crippen molar-refractivity contribution in [3.8, 4) is 0 Å². The van der Waals surface area contributed by atoms with Crippen LogP contribution in [0.1, 0.15) is 11.4 Å². The summed E-state index contributed by atoms with van der Waals surface area (Å²) in [5.41, 5.74) is 1.94. The van der Waals surface area contributed by atoms with E-state index in [9.17, 15) is 4.79 Å². The van der Waals surface area contributed by atoms with E-state index >= 15 is 0 Å². The zero-order valence-electron chi connectivity index (χ0n) is 17.2. The zero-order valence-corrected chi connectivity index (χ0v) is 17.2. The molecule has 8 nitrogen and oxygen atoms in total. The Morgan fingerprint density at radius 2 is 1.77 bits per heavy atom. The van der Waals surface area contributed by atoms with Crippen LogP contribution in [0.25, 0.3) is 0 Å². The fourth-order valence-electron chi connectivity index (χ4n) is 3.41. The van der Waals surface area contributed by atoms with Crippen LogP contribution in [0.4, 0.5) is 27.9 Å². The van der Waals surface area contributed by atoms with E-state index in [2.05, 4.69) is 30.5 Å². The summed E-state index contributed by atoms with van der Waals surface area (Å²) < 4.78 is 0. The topological polar surface area (TPSA) is 86.3 Å². The minimum Gasteiger partial charge on any atom is -0.353 e. The van der Waals surface area contributed by atoms with Crippen LogP contribution in [0.3, 0.4) is 0 Å². The first kappa shape index (κ1) is 19.6. The summed E-state index contributed by atoms with van der Waals surface area (Å²) in [6.07, 6.45) is 1.73. The average molecular weight is 403 g/mol. The molecule has 1 fully saturated rings. The van der Waals surface area contributed by atoms with Crippen molar-refractivity contribution in [2.24, 2.45) is 0 Å². The van der Waals surface area contributed by atoms with Crippen molar-refractivity contribution in [3.05, 3.63) is 66.1 Å². The van der Waals surface area contributed by atoms with E-state index in [-0.39, 0.29) is 6.03 Å². The van der Waals surface area contributed by atoms with Gasteiger partial charge >= 0.3 is 6.03 Å². The molecule has 0 spiro atoms. The predicted octanol–water partition coefficient (Wildman–Crippen LogP) is 3.59. The summed E-state index contributed by atoms with van der Waals surface area (Å²) in [6.45, 7) is 6.56. The normalized spacial score (nSPS) is 13.8. The monoisotopic (exact) mass is 403 g/mol. The summed E-state index contributed by atoms with van der Waals surface area (Å²) >= 11 is 0. The number of rotatable bonds is 4. The van der Waals surface area contributed by atoms with Crippen LogP contribution in [0.2, 0.25) is 0 Å². The number of carbonyl (C=O) groups is 1. The summed E-state index contributed by atoms with van der Waals surface area (Å²) in [4.78, 5) is 29.9. The first-order valence-corrected chi connectivity index (χ1v) is 9.98. The second-order valence-electron chi connectivity index (χ2n) is 7.27. The second-order valence-corrected chi connectivity index (χ2v) is 7.27. The van der Waals surface area contributed by atoms with Crippen LogP contribution in [-0.4, -0.2) is 52.1 Å². The molecule has 0 radical (unpaired) electrons. The third-order valence-corrected chi connectivity index (χ3v) is 4.91. The van der Waals surface area contributed by atoms with E-state index in [4.69, 9.17) is 0 Å². The lowest BCUT2D eigenvalue weighted by Gasteiger charge is -2.35. The number of carbonyl (C=O) groups excluding carboxylic acids is 1. The average Bonchev–Trinajstić information content (AvgIpc) is 2.74. The summed E-state index contributed by atoms with van der Waals surface area (Å²) in [5, 5.41) is 6.20. The van der Waals surface area contributed by atoms with Gasteiger partial charge in [-0.2, -0.15) is 0 Å². The Labute approximate surface area is 176 Å². The number of aromatic nitrogens is 3. The highest BCUT2D eigenvalue weighted by Gasteiger charge is 2.22. The number of urea groups is 1. The van der Waals surface area contributed by atoms with Gasteiger partial charge in [-0.1, -0.05) is 18.2 Å². The minimum atomic E-state index is -0.0726. The Kier molecular flexibility index (Phi) is 5.74. The standard InChI is InChI=1S/C22H25N7O/c1-16-6-5-7-18(14-16)26-22(30)29-12-10-28(11-13-29)21-15-20(24-17(2)25-21)27-19-8-3-4-9-23-19/h3-9,14-15H,10-13H2,1-2H3,(H,26,30)(H,23,24,25,27). The van der Waals surface area contributed by atoms with E-state index in [1.165, 1.54) is 0 Å². The zero-order chi connectivity index (χ0) is 20.9. The molecule has 0 atom stereocenters. The van der Waals surface area contributed by atoms with E-state index in [1.807, 2.05) is 67.3 Å². The van der Waals surface area contributed by atoms with E-state index in [0.29, 0.717) is 37.8 Å². The maximum atomic E-state index is 12.6. The number of hydrogen-bond acceptors (Lipinski definition) is 6. The van der Waals surface area contributed by atoms with Crippen molar-refractivity contribution in [1.29, 1.82) is 0 Å². The molecule has 30 heavy (non-hydrogen) atoms. The van der Waals surface area contributed by atoms with Crippen molar-refractivity contribution < 1.29 is 4.79 Å². The van der Waals surface area contributed by atoms with E-state index in [0.717, 1.165) is 22.9 Å². The summed E-state index contributed by atoms with van der Waals surface area (Å²) in [7, 11) is 0. The second kappa shape index (κ2) is 8.77. The third kappa shape index (κ3) is 4.83. The molecule has 1 saturated heterocycles. The van der Waals surface area contributed by atoms with Crippen molar-refractivity contribution in [3.63, 3.8) is 0 Å². The molecular formula is C22H25N7O. The highest BCUT2D eigenvalue weighted by Crippen LogP contribution is 2.20. The molecule has 0 bridgehead atoms. The van der Waals surface area contributed by atoms with Gasteiger partial charge in [0.1, 0.15) is 23.3 Å². The Bertz CT molecular complexity index is 1020. The predicted molar refractivity (Wildman–Crippen MR) is 118 cm³/mol. The molecule has 0 aliphatic carbocycles. The first-order valence-electron chi connectivity index (χ1n) is 9.98. The summed E-state index contributed by atoms with van der Waals surface area (Å²) in [6, 6.07) is 15.4. The molecular weight excluding hydrogens is 378 g/mol. The number of benzene rings is 1. The molecule has 4 rings (SSSR count). The van der Waals surface area contributed by atoms with Gasteiger partial charge < -0.3 is 20.4 Å².